The van der Waals surface area contributed by atoms with E-state index in [2.05, 4.69) is 19.2 Å². The Morgan fingerprint density at radius 3 is 2.75 bits per heavy atom. The van der Waals surface area contributed by atoms with E-state index in [1.165, 1.54) is 19.2 Å². The van der Waals surface area contributed by atoms with Crippen LogP contribution in [0.5, 0.6) is 11.5 Å². The molecule has 0 aliphatic rings. The van der Waals surface area contributed by atoms with Gasteiger partial charge in [0, 0.05) is 18.5 Å². The van der Waals surface area contributed by atoms with Crippen LogP contribution in [0.25, 0.3) is 0 Å². The minimum absolute atomic E-state index is 0.00754. The fraction of sp³-hybridized carbons (Fsp3) is 0.571. The van der Waals surface area contributed by atoms with E-state index in [9.17, 15) is 10.1 Å². The van der Waals surface area contributed by atoms with E-state index in [1.54, 1.807) is 6.07 Å². The molecule has 0 fully saturated rings. The number of nitro benzene ring substituents is 1. The molecule has 0 heterocycles. The molecular weight excluding hydrogens is 260 g/mol. The van der Waals surface area contributed by atoms with Crippen LogP contribution < -0.4 is 14.8 Å². The molecule has 0 radical (unpaired) electrons. The molecule has 0 saturated heterocycles. The van der Waals surface area contributed by atoms with Gasteiger partial charge in [0.05, 0.1) is 24.7 Å². The van der Waals surface area contributed by atoms with Gasteiger partial charge in [-0.15, -0.1) is 0 Å². The first-order chi connectivity index (χ1) is 9.58. The lowest BCUT2D eigenvalue weighted by molar-refractivity contribution is -0.384. The number of rotatable bonds is 9. The van der Waals surface area contributed by atoms with Gasteiger partial charge >= 0.3 is 0 Å². The van der Waals surface area contributed by atoms with E-state index >= 15 is 0 Å². The van der Waals surface area contributed by atoms with Gasteiger partial charge < -0.3 is 14.8 Å². The van der Waals surface area contributed by atoms with E-state index < -0.39 is 4.92 Å². The SMILES string of the molecule is CCCNCC(C)COc1ccc([N+](=O)[O-])cc1OC. The summed E-state index contributed by atoms with van der Waals surface area (Å²) in [6.07, 6.45) is 1.10. The van der Waals surface area contributed by atoms with E-state index in [1.807, 2.05) is 0 Å². The topological polar surface area (TPSA) is 73.6 Å². The Kier molecular flexibility index (Phi) is 6.79. The average Bonchev–Trinajstić information content (AvgIpc) is 2.45. The van der Waals surface area contributed by atoms with Gasteiger partial charge in [-0.05, 0) is 19.0 Å². The van der Waals surface area contributed by atoms with Crippen LogP contribution >= 0.6 is 0 Å². The third-order valence-electron chi connectivity index (χ3n) is 2.80. The van der Waals surface area contributed by atoms with Gasteiger partial charge in [-0.2, -0.15) is 0 Å². The first-order valence-electron chi connectivity index (χ1n) is 6.74. The molecule has 20 heavy (non-hydrogen) atoms. The van der Waals surface area contributed by atoms with Crippen molar-refractivity contribution < 1.29 is 14.4 Å². The van der Waals surface area contributed by atoms with Gasteiger partial charge in [0.2, 0.25) is 0 Å². The second-order valence-electron chi connectivity index (χ2n) is 4.71. The van der Waals surface area contributed by atoms with Crippen molar-refractivity contribution in [2.45, 2.75) is 20.3 Å². The van der Waals surface area contributed by atoms with Crippen molar-refractivity contribution >= 4 is 5.69 Å². The minimum Gasteiger partial charge on any atom is -0.493 e. The molecule has 1 rings (SSSR count). The number of nitrogens with zero attached hydrogens (tertiary/aromatic N) is 1. The quantitative estimate of drug-likeness (QED) is 0.428. The van der Waals surface area contributed by atoms with Gasteiger partial charge in [-0.25, -0.2) is 0 Å². The van der Waals surface area contributed by atoms with Gasteiger partial charge in [-0.3, -0.25) is 10.1 Å². The number of ether oxygens (including phenoxy) is 2. The zero-order valence-electron chi connectivity index (χ0n) is 12.2. The summed E-state index contributed by atoms with van der Waals surface area (Å²) in [7, 11) is 1.47. The third-order valence-corrected chi connectivity index (χ3v) is 2.80. The van der Waals surface area contributed by atoms with E-state index in [4.69, 9.17) is 9.47 Å². The summed E-state index contributed by atoms with van der Waals surface area (Å²) in [6, 6.07) is 4.36. The lowest BCUT2D eigenvalue weighted by Gasteiger charge is -2.15. The van der Waals surface area contributed by atoms with Crippen molar-refractivity contribution in [3.05, 3.63) is 28.3 Å². The molecule has 0 bridgehead atoms. The lowest BCUT2D eigenvalue weighted by Crippen LogP contribution is -2.25. The van der Waals surface area contributed by atoms with Gasteiger partial charge in [0.25, 0.3) is 5.69 Å². The van der Waals surface area contributed by atoms with Crippen LogP contribution in [0.2, 0.25) is 0 Å². The van der Waals surface area contributed by atoms with Crippen molar-refractivity contribution in [3.63, 3.8) is 0 Å². The van der Waals surface area contributed by atoms with E-state index in [-0.39, 0.29) is 5.69 Å². The molecule has 1 aromatic rings. The number of methoxy groups -OCH3 is 1. The van der Waals surface area contributed by atoms with E-state index in [0.717, 1.165) is 19.5 Å². The summed E-state index contributed by atoms with van der Waals surface area (Å²) >= 11 is 0. The first kappa shape index (κ1) is 16.2. The molecule has 0 aromatic heterocycles. The summed E-state index contributed by atoms with van der Waals surface area (Å²) in [5.41, 5.74) is -0.00754. The highest BCUT2D eigenvalue weighted by molar-refractivity contribution is 5.48. The summed E-state index contributed by atoms with van der Waals surface area (Å²) in [4.78, 5) is 10.2. The van der Waals surface area contributed by atoms with Crippen LogP contribution in [0.1, 0.15) is 20.3 Å². The largest absolute Gasteiger partial charge is 0.493 e. The molecular formula is C14H22N2O4. The van der Waals surface area contributed by atoms with Crippen molar-refractivity contribution in [1.29, 1.82) is 0 Å². The van der Waals surface area contributed by atoms with Crippen LogP contribution in [0.3, 0.4) is 0 Å². The monoisotopic (exact) mass is 282 g/mol. The van der Waals surface area contributed by atoms with Crippen LogP contribution in [0.4, 0.5) is 5.69 Å². The fourth-order valence-corrected chi connectivity index (χ4v) is 1.71. The minimum atomic E-state index is -0.455. The number of hydrogen-bond acceptors (Lipinski definition) is 5. The molecule has 0 saturated carbocycles. The van der Waals surface area contributed by atoms with Gasteiger partial charge in [0.1, 0.15) is 0 Å². The normalized spacial score (nSPS) is 11.9. The average molecular weight is 282 g/mol. The van der Waals surface area contributed by atoms with Crippen LogP contribution in [-0.4, -0.2) is 31.7 Å². The maximum absolute atomic E-state index is 10.7. The maximum Gasteiger partial charge on any atom is 0.273 e. The molecule has 112 valence electrons. The molecule has 1 N–H and O–H groups in total. The molecule has 0 aliphatic carbocycles. The Balaban J connectivity index is 2.56. The van der Waals surface area contributed by atoms with Gasteiger partial charge in [-0.1, -0.05) is 13.8 Å². The van der Waals surface area contributed by atoms with Crippen molar-refractivity contribution in [2.75, 3.05) is 26.8 Å². The first-order valence-corrected chi connectivity index (χ1v) is 6.74. The zero-order chi connectivity index (χ0) is 15.0. The highest BCUT2D eigenvalue weighted by Gasteiger charge is 2.13. The molecule has 1 aromatic carbocycles. The predicted octanol–water partition coefficient (Wildman–Crippen LogP) is 2.62. The smallest absolute Gasteiger partial charge is 0.273 e. The molecule has 0 aliphatic heterocycles. The Bertz CT molecular complexity index is 437. The van der Waals surface area contributed by atoms with Crippen molar-refractivity contribution in [3.8, 4) is 11.5 Å². The number of non-ortho nitro benzene ring substituents is 1. The van der Waals surface area contributed by atoms with Crippen molar-refractivity contribution in [1.82, 2.24) is 5.32 Å². The van der Waals surface area contributed by atoms with Gasteiger partial charge in [0.15, 0.2) is 11.5 Å². The van der Waals surface area contributed by atoms with Crippen molar-refractivity contribution in [2.24, 2.45) is 5.92 Å². The molecule has 1 unspecified atom stereocenters. The Labute approximate surface area is 119 Å². The Hall–Kier alpha value is -1.82. The third kappa shape index (κ3) is 5.05. The molecule has 0 spiro atoms. The van der Waals surface area contributed by atoms with Crippen LogP contribution in [0, 0.1) is 16.0 Å². The van der Waals surface area contributed by atoms with Crippen LogP contribution in [0.15, 0.2) is 18.2 Å². The standard InChI is InChI=1S/C14H22N2O4/c1-4-7-15-9-11(2)10-20-13-6-5-12(16(17)18)8-14(13)19-3/h5-6,8,11,15H,4,7,9-10H2,1-3H3. The zero-order valence-corrected chi connectivity index (χ0v) is 12.2. The maximum atomic E-state index is 10.7. The lowest BCUT2D eigenvalue weighted by atomic mass is 10.2. The summed E-state index contributed by atoms with van der Waals surface area (Å²) in [6.45, 7) is 6.61. The number of benzene rings is 1. The summed E-state index contributed by atoms with van der Waals surface area (Å²) in [5.74, 6) is 1.26. The summed E-state index contributed by atoms with van der Waals surface area (Å²) in [5, 5.41) is 14.0. The second kappa shape index (κ2) is 8.37. The van der Waals surface area contributed by atoms with Crippen LogP contribution in [-0.2, 0) is 0 Å². The highest BCUT2D eigenvalue weighted by atomic mass is 16.6. The second-order valence-corrected chi connectivity index (χ2v) is 4.71. The highest BCUT2D eigenvalue weighted by Crippen LogP contribution is 2.31. The molecule has 1 atom stereocenters. The molecule has 0 amide bonds. The van der Waals surface area contributed by atoms with E-state index in [0.29, 0.717) is 24.0 Å². The molecule has 6 nitrogen and oxygen atoms in total. The Morgan fingerprint density at radius 2 is 2.15 bits per heavy atom. The Morgan fingerprint density at radius 1 is 1.40 bits per heavy atom. The predicted molar refractivity (Wildman–Crippen MR) is 77.5 cm³/mol. The number of nitro groups is 1. The fourth-order valence-electron chi connectivity index (χ4n) is 1.71. The summed E-state index contributed by atoms with van der Waals surface area (Å²) < 4.78 is 10.8. The molecule has 6 heteroatoms. The number of hydrogen-bond donors (Lipinski definition) is 1. The number of nitrogens with one attached hydrogen (secondary N) is 1.